The first kappa shape index (κ1) is 13.3. The summed E-state index contributed by atoms with van der Waals surface area (Å²) in [5.74, 6) is 0.819. The van der Waals surface area contributed by atoms with Crippen molar-refractivity contribution in [3.8, 4) is 0 Å². The lowest BCUT2D eigenvalue weighted by atomic mass is 9.80. The summed E-state index contributed by atoms with van der Waals surface area (Å²) in [5, 5.41) is 0. The Morgan fingerprint density at radius 1 is 1.18 bits per heavy atom. The number of hydrogen-bond acceptors (Lipinski definition) is 3. The van der Waals surface area contributed by atoms with E-state index in [1.807, 2.05) is 0 Å². The minimum atomic E-state index is 0.302. The monoisotopic (exact) mass is 240 g/mol. The van der Waals surface area contributed by atoms with Crippen molar-refractivity contribution in [1.82, 2.24) is 4.90 Å². The summed E-state index contributed by atoms with van der Waals surface area (Å²) in [6, 6.07) is 0. The van der Waals surface area contributed by atoms with Crippen LogP contribution in [0.1, 0.15) is 44.9 Å². The Kier molecular flexibility index (Phi) is 4.83. The Balaban J connectivity index is 1.89. The topological polar surface area (TPSA) is 38.5 Å². The molecule has 1 heterocycles. The van der Waals surface area contributed by atoms with E-state index in [1.54, 1.807) is 0 Å². The molecule has 2 aliphatic rings. The molecule has 0 aromatic rings. The summed E-state index contributed by atoms with van der Waals surface area (Å²) < 4.78 is 5.44. The second kappa shape index (κ2) is 6.17. The molecule has 3 nitrogen and oxygen atoms in total. The molecule has 2 fully saturated rings. The molecule has 0 amide bonds. The van der Waals surface area contributed by atoms with Gasteiger partial charge in [-0.05, 0) is 38.6 Å². The Bertz CT molecular complexity index is 220. The summed E-state index contributed by atoms with van der Waals surface area (Å²) >= 11 is 0. The summed E-state index contributed by atoms with van der Waals surface area (Å²) in [6.45, 7) is 3.94. The van der Waals surface area contributed by atoms with E-state index in [0.29, 0.717) is 5.54 Å². The molecule has 0 aromatic heterocycles. The highest BCUT2D eigenvalue weighted by atomic mass is 16.5. The molecule has 0 spiro atoms. The van der Waals surface area contributed by atoms with Crippen molar-refractivity contribution in [3.05, 3.63) is 0 Å². The summed E-state index contributed by atoms with van der Waals surface area (Å²) in [4.78, 5) is 2.57. The molecule has 100 valence electrons. The molecular weight excluding hydrogens is 212 g/mol. The maximum Gasteiger partial charge on any atom is 0.0469 e. The largest absolute Gasteiger partial charge is 0.381 e. The third-order valence-electron chi connectivity index (χ3n) is 4.85. The van der Waals surface area contributed by atoms with E-state index in [2.05, 4.69) is 11.9 Å². The third-order valence-corrected chi connectivity index (χ3v) is 4.85. The predicted octanol–water partition coefficient (Wildman–Crippen LogP) is 2.01. The van der Waals surface area contributed by atoms with Crippen LogP contribution in [0.5, 0.6) is 0 Å². The zero-order chi connectivity index (χ0) is 12.1. The highest BCUT2D eigenvalue weighted by molar-refractivity contribution is 4.93. The molecule has 0 bridgehead atoms. The molecule has 0 atom stereocenters. The molecule has 3 heteroatoms. The second-order valence-electron chi connectivity index (χ2n) is 5.93. The molecule has 2 rings (SSSR count). The van der Waals surface area contributed by atoms with E-state index in [4.69, 9.17) is 10.5 Å². The van der Waals surface area contributed by atoms with E-state index in [9.17, 15) is 0 Å². The zero-order valence-corrected chi connectivity index (χ0v) is 11.3. The lowest BCUT2D eigenvalue weighted by molar-refractivity contribution is 0.0224. The fraction of sp³-hybridized carbons (Fsp3) is 1.00. The normalized spacial score (nSPS) is 26.3. The SMILES string of the molecule is CN(CC1CCOCC1)C1(CN)CCCCC1. The maximum atomic E-state index is 6.08. The third kappa shape index (κ3) is 3.21. The molecule has 2 N–H and O–H groups in total. The Morgan fingerprint density at radius 3 is 2.41 bits per heavy atom. The molecule has 1 saturated carbocycles. The van der Waals surface area contributed by atoms with Crippen molar-refractivity contribution >= 4 is 0 Å². The molecule has 1 aliphatic carbocycles. The average molecular weight is 240 g/mol. The van der Waals surface area contributed by atoms with Crippen LogP contribution in [-0.2, 0) is 4.74 Å². The van der Waals surface area contributed by atoms with Gasteiger partial charge in [0.1, 0.15) is 0 Å². The van der Waals surface area contributed by atoms with Gasteiger partial charge in [-0.15, -0.1) is 0 Å². The Labute approximate surface area is 106 Å². The molecule has 1 aliphatic heterocycles. The van der Waals surface area contributed by atoms with E-state index < -0.39 is 0 Å². The first-order chi connectivity index (χ1) is 8.27. The van der Waals surface area contributed by atoms with Gasteiger partial charge in [0.2, 0.25) is 0 Å². The highest BCUT2D eigenvalue weighted by Crippen LogP contribution is 2.33. The summed E-state index contributed by atoms with van der Waals surface area (Å²) in [7, 11) is 2.29. The second-order valence-corrected chi connectivity index (χ2v) is 5.93. The standard InChI is InChI=1S/C14H28N2O/c1-16(11-13-5-9-17-10-6-13)14(12-15)7-3-2-4-8-14/h13H,2-12,15H2,1H3. The summed E-state index contributed by atoms with van der Waals surface area (Å²) in [5.41, 5.74) is 6.38. The Morgan fingerprint density at radius 2 is 1.82 bits per heavy atom. The van der Waals surface area contributed by atoms with Gasteiger partial charge in [0.25, 0.3) is 0 Å². The molecule has 0 aromatic carbocycles. The van der Waals surface area contributed by atoms with Gasteiger partial charge >= 0.3 is 0 Å². The quantitative estimate of drug-likeness (QED) is 0.817. The van der Waals surface area contributed by atoms with Gasteiger partial charge in [-0.2, -0.15) is 0 Å². The lowest BCUT2D eigenvalue weighted by Crippen LogP contribution is -2.54. The molecule has 0 radical (unpaired) electrons. The van der Waals surface area contributed by atoms with Gasteiger partial charge in [-0.3, -0.25) is 4.90 Å². The van der Waals surface area contributed by atoms with Crippen LogP contribution in [0.25, 0.3) is 0 Å². The lowest BCUT2D eigenvalue weighted by Gasteiger charge is -2.45. The Hall–Kier alpha value is -0.120. The molecule has 17 heavy (non-hydrogen) atoms. The molecule has 0 unspecified atom stereocenters. The van der Waals surface area contributed by atoms with Gasteiger partial charge in [0.05, 0.1) is 0 Å². The van der Waals surface area contributed by atoms with Crippen LogP contribution in [0.15, 0.2) is 0 Å². The van der Waals surface area contributed by atoms with Crippen LogP contribution in [0.4, 0.5) is 0 Å². The van der Waals surface area contributed by atoms with Gasteiger partial charge < -0.3 is 10.5 Å². The smallest absolute Gasteiger partial charge is 0.0469 e. The minimum absolute atomic E-state index is 0.302. The van der Waals surface area contributed by atoms with Crippen molar-refractivity contribution in [3.63, 3.8) is 0 Å². The number of nitrogens with two attached hydrogens (primary N) is 1. The van der Waals surface area contributed by atoms with E-state index in [1.165, 1.54) is 51.5 Å². The van der Waals surface area contributed by atoms with Crippen molar-refractivity contribution in [2.24, 2.45) is 11.7 Å². The van der Waals surface area contributed by atoms with Crippen LogP contribution in [0, 0.1) is 5.92 Å². The van der Waals surface area contributed by atoms with Gasteiger partial charge in [0.15, 0.2) is 0 Å². The van der Waals surface area contributed by atoms with Crippen molar-refractivity contribution in [1.29, 1.82) is 0 Å². The van der Waals surface area contributed by atoms with Crippen molar-refractivity contribution in [2.45, 2.75) is 50.5 Å². The molecular formula is C14H28N2O. The van der Waals surface area contributed by atoms with E-state index >= 15 is 0 Å². The number of rotatable bonds is 4. The fourth-order valence-corrected chi connectivity index (χ4v) is 3.46. The molecule has 1 saturated heterocycles. The van der Waals surface area contributed by atoms with Crippen LogP contribution < -0.4 is 5.73 Å². The minimum Gasteiger partial charge on any atom is -0.381 e. The van der Waals surface area contributed by atoms with Crippen molar-refractivity contribution < 1.29 is 4.74 Å². The van der Waals surface area contributed by atoms with E-state index in [-0.39, 0.29) is 0 Å². The number of hydrogen-bond donors (Lipinski definition) is 1. The van der Waals surface area contributed by atoms with Crippen molar-refractivity contribution in [2.75, 3.05) is 33.4 Å². The summed E-state index contributed by atoms with van der Waals surface area (Å²) in [6.07, 6.45) is 9.15. The van der Waals surface area contributed by atoms with Crippen LogP contribution in [-0.4, -0.2) is 43.8 Å². The van der Waals surface area contributed by atoms with E-state index in [0.717, 1.165) is 25.7 Å². The first-order valence-electron chi connectivity index (χ1n) is 7.26. The van der Waals surface area contributed by atoms with Crippen LogP contribution in [0.3, 0.4) is 0 Å². The highest BCUT2D eigenvalue weighted by Gasteiger charge is 2.35. The zero-order valence-electron chi connectivity index (χ0n) is 11.3. The first-order valence-corrected chi connectivity index (χ1v) is 7.26. The fourth-order valence-electron chi connectivity index (χ4n) is 3.46. The average Bonchev–Trinajstić information content (AvgIpc) is 2.40. The van der Waals surface area contributed by atoms with Gasteiger partial charge in [0, 0.05) is 31.8 Å². The predicted molar refractivity (Wildman–Crippen MR) is 71.0 cm³/mol. The number of likely N-dealkylation sites (N-methyl/N-ethyl adjacent to an activating group) is 1. The van der Waals surface area contributed by atoms with Crippen LogP contribution in [0.2, 0.25) is 0 Å². The van der Waals surface area contributed by atoms with Gasteiger partial charge in [-0.25, -0.2) is 0 Å². The number of nitrogens with zero attached hydrogens (tertiary/aromatic N) is 1. The maximum absolute atomic E-state index is 6.08. The van der Waals surface area contributed by atoms with Gasteiger partial charge in [-0.1, -0.05) is 19.3 Å². The van der Waals surface area contributed by atoms with Crippen LogP contribution >= 0.6 is 0 Å². The number of ether oxygens (including phenoxy) is 1.